The van der Waals surface area contributed by atoms with Gasteiger partial charge < -0.3 is 9.47 Å². The van der Waals surface area contributed by atoms with Crippen molar-refractivity contribution in [2.24, 2.45) is 5.92 Å². The summed E-state index contributed by atoms with van der Waals surface area (Å²) in [6.45, 7) is 7.77. The minimum absolute atomic E-state index is 0.136. The minimum atomic E-state index is -0.346. The Hall–Kier alpha value is -0.710. The number of thioether (sulfide) groups is 1. The summed E-state index contributed by atoms with van der Waals surface area (Å²) in [5.41, 5.74) is 0. The zero-order valence-corrected chi connectivity index (χ0v) is 10.4. The van der Waals surface area contributed by atoms with Crippen LogP contribution in [0, 0.1) is 5.92 Å². The fraction of sp³-hybridized carbons (Fsp3) is 0.800. The van der Waals surface area contributed by atoms with E-state index in [2.05, 4.69) is 0 Å². The lowest BCUT2D eigenvalue weighted by atomic mass is 10.1. The Labute approximate surface area is 94.7 Å². The van der Waals surface area contributed by atoms with Crippen LogP contribution >= 0.6 is 11.8 Å². The van der Waals surface area contributed by atoms with E-state index in [0.717, 1.165) is 11.8 Å². The second-order valence-electron chi connectivity index (χ2n) is 3.05. The fourth-order valence-electron chi connectivity index (χ4n) is 0.871. The maximum Gasteiger partial charge on any atom is 0.367 e. The summed E-state index contributed by atoms with van der Waals surface area (Å²) in [4.78, 5) is 22.5. The molecule has 2 atom stereocenters. The Morgan fingerprint density at radius 1 is 1.13 bits per heavy atom. The molecule has 0 aliphatic carbocycles. The van der Waals surface area contributed by atoms with E-state index < -0.39 is 0 Å². The summed E-state index contributed by atoms with van der Waals surface area (Å²) in [7, 11) is 0. The molecule has 2 unspecified atom stereocenters. The molecule has 0 aromatic rings. The van der Waals surface area contributed by atoms with Crippen molar-refractivity contribution in [3.05, 3.63) is 0 Å². The smallest absolute Gasteiger partial charge is 0.367 e. The van der Waals surface area contributed by atoms with Crippen LogP contribution in [-0.2, 0) is 14.3 Å². The maximum absolute atomic E-state index is 11.3. The number of esters is 1. The fourth-order valence-corrected chi connectivity index (χ4v) is 1.68. The monoisotopic (exact) mass is 234 g/mol. The third-order valence-corrected chi connectivity index (χ3v) is 3.00. The van der Waals surface area contributed by atoms with Gasteiger partial charge in [-0.05, 0) is 25.6 Å². The number of rotatable bonds is 5. The average molecular weight is 234 g/mol. The number of carbonyl (C=O) groups excluding carboxylic acids is 2. The van der Waals surface area contributed by atoms with E-state index in [-0.39, 0.29) is 22.4 Å². The molecule has 0 aromatic heterocycles. The van der Waals surface area contributed by atoms with Crippen molar-refractivity contribution in [2.75, 3.05) is 13.2 Å². The molecule has 0 amide bonds. The van der Waals surface area contributed by atoms with Crippen LogP contribution in [0.25, 0.3) is 0 Å². The van der Waals surface area contributed by atoms with Gasteiger partial charge in [0.15, 0.2) is 0 Å². The SMILES string of the molecule is CCOC(=O)SC(C)C(C)C(=O)OCC. The molecule has 0 aromatic carbocycles. The van der Waals surface area contributed by atoms with Crippen LogP contribution in [0.2, 0.25) is 0 Å². The molecule has 0 saturated carbocycles. The van der Waals surface area contributed by atoms with Crippen molar-refractivity contribution in [3.8, 4) is 0 Å². The van der Waals surface area contributed by atoms with E-state index in [0.29, 0.717) is 13.2 Å². The first-order valence-electron chi connectivity index (χ1n) is 5.02. The van der Waals surface area contributed by atoms with Gasteiger partial charge in [0.2, 0.25) is 0 Å². The zero-order valence-electron chi connectivity index (χ0n) is 9.61. The molecule has 5 heteroatoms. The van der Waals surface area contributed by atoms with Gasteiger partial charge in [0.05, 0.1) is 19.1 Å². The molecule has 0 aliphatic heterocycles. The van der Waals surface area contributed by atoms with Gasteiger partial charge in [-0.2, -0.15) is 0 Å². The number of ether oxygens (including phenoxy) is 2. The highest BCUT2D eigenvalue weighted by atomic mass is 32.2. The van der Waals surface area contributed by atoms with Crippen molar-refractivity contribution in [3.63, 3.8) is 0 Å². The summed E-state index contributed by atoms with van der Waals surface area (Å²) in [5, 5.41) is -0.482. The molecule has 4 nitrogen and oxygen atoms in total. The van der Waals surface area contributed by atoms with Crippen molar-refractivity contribution >= 4 is 23.0 Å². The molecule has 0 bridgehead atoms. The third kappa shape index (κ3) is 5.67. The molecule has 88 valence electrons. The van der Waals surface area contributed by atoms with E-state index >= 15 is 0 Å². The van der Waals surface area contributed by atoms with Crippen molar-refractivity contribution < 1.29 is 19.1 Å². The lowest BCUT2D eigenvalue weighted by Crippen LogP contribution is -2.24. The Morgan fingerprint density at radius 2 is 1.67 bits per heavy atom. The molecule has 0 rings (SSSR count). The van der Waals surface area contributed by atoms with Gasteiger partial charge in [-0.3, -0.25) is 4.79 Å². The van der Waals surface area contributed by atoms with Gasteiger partial charge in [0, 0.05) is 5.25 Å². The molecule has 0 spiro atoms. The highest BCUT2D eigenvalue weighted by molar-refractivity contribution is 8.13. The highest BCUT2D eigenvalue weighted by Crippen LogP contribution is 2.22. The number of carbonyl (C=O) groups is 2. The molecule has 15 heavy (non-hydrogen) atoms. The van der Waals surface area contributed by atoms with Gasteiger partial charge in [-0.25, -0.2) is 4.79 Å². The molecule has 0 aliphatic rings. The molecule has 0 radical (unpaired) electrons. The van der Waals surface area contributed by atoms with Crippen LogP contribution in [0.5, 0.6) is 0 Å². The van der Waals surface area contributed by atoms with Crippen molar-refractivity contribution in [2.45, 2.75) is 32.9 Å². The molecule has 0 N–H and O–H groups in total. The Bertz CT molecular complexity index is 217. The lowest BCUT2D eigenvalue weighted by molar-refractivity contribution is -0.147. The van der Waals surface area contributed by atoms with Crippen LogP contribution in [0.1, 0.15) is 27.7 Å². The first kappa shape index (κ1) is 14.3. The van der Waals surface area contributed by atoms with E-state index in [1.54, 1.807) is 20.8 Å². The molecule has 0 saturated heterocycles. The van der Waals surface area contributed by atoms with Gasteiger partial charge >= 0.3 is 11.3 Å². The molecule has 0 fully saturated rings. The number of hydrogen-bond donors (Lipinski definition) is 0. The van der Waals surface area contributed by atoms with E-state index in [9.17, 15) is 9.59 Å². The summed E-state index contributed by atoms with van der Waals surface area (Å²) >= 11 is 1.02. The number of hydrogen-bond acceptors (Lipinski definition) is 5. The second-order valence-corrected chi connectivity index (χ2v) is 4.36. The van der Waals surface area contributed by atoms with Crippen molar-refractivity contribution in [1.82, 2.24) is 0 Å². The molecular formula is C10H18O4S. The average Bonchev–Trinajstić information content (AvgIpc) is 2.17. The zero-order chi connectivity index (χ0) is 11.8. The Kier molecular flexibility index (Phi) is 7.21. The highest BCUT2D eigenvalue weighted by Gasteiger charge is 2.24. The van der Waals surface area contributed by atoms with Crippen LogP contribution < -0.4 is 0 Å². The van der Waals surface area contributed by atoms with Crippen LogP contribution in [0.4, 0.5) is 4.79 Å². The van der Waals surface area contributed by atoms with Gasteiger partial charge in [0.1, 0.15) is 0 Å². The third-order valence-electron chi connectivity index (χ3n) is 1.91. The largest absolute Gasteiger partial charge is 0.466 e. The maximum atomic E-state index is 11.3. The van der Waals surface area contributed by atoms with E-state index in [4.69, 9.17) is 9.47 Å². The quantitative estimate of drug-likeness (QED) is 0.684. The van der Waals surface area contributed by atoms with Gasteiger partial charge in [-0.15, -0.1) is 0 Å². The van der Waals surface area contributed by atoms with Crippen LogP contribution in [0.15, 0.2) is 0 Å². The summed E-state index contributed by atoms with van der Waals surface area (Å²) in [6.07, 6.45) is 0. The van der Waals surface area contributed by atoms with Crippen LogP contribution in [-0.4, -0.2) is 29.7 Å². The van der Waals surface area contributed by atoms with Crippen molar-refractivity contribution in [1.29, 1.82) is 0 Å². The first-order chi connectivity index (χ1) is 7.02. The van der Waals surface area contributed by atoms with E-state index in [1.165, 1.54) is 0 Å². The summed E-state index contributed by atoms with van der Waals surface area (Å²) in [5.74, 6) is -0.582. The van der Waals surface area contributed by atoms with Gasteiger partial charge in [-0.1, -0.05) is 13.8 Å². The predicted molar refractivity (Wildman–Crippen MR) is 59.9 cm³/mol. The topological polar surface area (TPSA) is 52.6 Å². The summed E-state index contributed by atoms with van der Waals surface area (Å²) in [6, 6.07) is 0. The molecular weight excluding hydrogens is 216 g/mol. The van der Waals surface area contributed by atoms with Gasteiger partial charge in [0.25, 0.3) is 0 Å². The van der Waals surface area contributed by atoms with E-state index in [1.807, 2.05) is 6.92 Å². The predicted octanol–water partition coefficient (Wildman–Crippen LogP) is 2.46. The minimum Gasteiger partial charge on any atom is -0.466 e. The Morgan fingerprint density at radius 3 is 2.13 bits per heavy atom. The summed E-state index contributed by atoms with van der Waals surface area (Å²) < 4.78 is 9.64. The molecule has 0 heterocycles. The normalized spacial score (nSPS) is 14.1. The first-order valence-corrected chi connectivity index (χ1v) is 5.90. The standard InChI is InChI=1S/C10H18O4S/c1-5-13-9(11)7(3)8(4)15-10(12)14-6-2/h7-8H,5-6H2,1-4H3. The second kappa shape index (κ2) is 7.56. The lowest BCUT2D eigenvalue weighted by Gasteiger charge is -2.16. The van der Waals surface area contributed by atoms with Crippen LogP contribution in [0.3, 0.4) is 0 Å². The Balaban J connectivity index is 4.02.